The van der Waals surface area contributed by atoms with Crippen LogP contribution in [0, 0.1) is 6.92 Å². The Labute approximate surface area is 168 Å². The van der Waals surface area contributed by atoms with Crippen LogP contribution in [0.25, 0.3) is 0 Å². The van der Waals surface area contributed by atoms with Crippen molar-refractivity contribution in [2.45, 2.75) is 19.8 Å². The van der Waals surface area contributed by atoms with E-state index in [-0.39, 0.29) is 18.9 Å². The molecule has 2 rings (SSSR count). The van der Waals surface area contributed by atoms with Gasteiger partial charge in [0.25, 0.3) is 0 Å². The van der Waals surface area contributed by atoms with E-state index in [0.717, 1.165) is 11.3 Å². The smallest absolute Gasteiger partial charge is 0.232 e. The molecule has 0 aliphatic rings. The third-order valence-corrected chi connectivity index (χ3v) is 5.62. The molecule has 0 radical (unpaired) electrons. The molecule has 1 amide bonds. The van der Waals surface area contributed by atoms with Crippen molar-refractivity contribution in [3.8, 4) is 0 Å². The number of sulfonamides is 1. The summed E-state index contributed by atoms with van der Waals surface area (Å²) < 4.78 is 25.6. The number of carbonyl (C=O) groups excluding carboxylic acids is 1. The van der Waals surface area contributed by atoms with Gasteiger partial charge < -0.3 is 10.2 Å². The van der Waals surface area contributed by atoms with Crippen molar-refractivity contribution in [1.29, 1.82) is 0 Å². The van der Waals surface area contributed by atoms with Crippen LogP contribution in [0.1, 0.15) is 18.4 Å². The van der Waals surface area contributed by atoms with Gasteiger partial charge in [-0.15, -0.1) is 0 Å². The van der Waals surface area contributed by atoms with Crippen molar-refractivity contribution in [2.75, 3.05) is 42.1 Å². The summed E-state index contributed by atoms with van der Waals surface area (Å²) in [6.45, 7) is 3.44. The van der Waals surface area contributed by atoms with Crippen molar-refractivity contribution in [3.63, 3.8) is 0 Å². The minimum Gasteiger partial charge on any atom is -0.373 e. The molecule has 7 heteroatoms. The van der Waals surface area contributed by atoms with Gasteiger partial charge in [-0.2, -0.15) is 0 Å². The van der Waals surface area contributed by atoms with Gasteiger partial charge in [0, 0.05) is 38.8 Å². The molecular formula is C21H29N3O3S. The molecule has 0 spiro atoms. The lowest BCUT2D eigenvalue weighted by molar-refractivity contribution is -0.121. The van der Waals surface area contributed by atoms with Gasteiger partial charge in [0.05, 0.1) is 11.9 Å². The number of likely N-dealkylation sites (N-methyl/N-ethyl adjacent to an activating group) is 1. The lowest BCUT2D eigenvalue weighted by Gasteiger charge is -2.23. The first kappa shape index (κ1) is 21.8. The molecule has 0 aliphatic heterocycles. The summed E-state index contributed by atoms with van der Waals surface area (Å²) in [6.07, 6.45) is 1.93. The van der Waals surface area contributed by atoms with Crippen LogP contribution in [0.5, 0.6) is 0 Å². The first-order valence-electron chi connectivity index (χ1n) is 9.34. The Morgan fingerprint density at radius 2 is 1.68 bits per heavy atom. The molecule has 0 heterocycles. The van der Waals surface area contributed by atoms with E-state index >= 15 is 0 Å². The highest BCUT2D eigenvalue weighted by Crippen LogP contribution is 2.19. The number of nitrogens with zero attached hydrogens (tertiary/aromatic N) is 2. The molecule has 28 heavy (non-hydrogen) atoms. The predicted molar refractivity (Wildman–Crippen MR) is 115 cm³/mol. The van der Waals surface area contributed by atoms with E-state index in [1.807, 2.05) is 62.5 Å². The number of hydrogen-bond donors (Lipinski definition) is 1. The Morgan fingerprint density at radius 1 is 1.00 bits per heavy atom. The summed E-state index contributed by atoms with van der Waals surface area (Å²) >= 11 is 0. The van der Waals surface area contributed by atoms with E-state index < -0.39 is 10.0 Å². The average Bonchev–Trinajstić information content (AvgIpc) is 2.65. The van der Waals surface area contributed by atoms with Crippen molar-refractivity contribution >= 4 is 27.3 Å². The topological polar surface area (TPSA) is 69.7 Å². The highest BCUT2D eigenvalue weighted by atomic mass is 32.2. The van der Waals surface area contributed by atoms with E-state index in [1.165, 1.54) is 10.6 Å². The minimum atomic E-state index is -3.40. The van der Waals surface area contributed by atoms with Gasteiger partial charge in [-0.3, -0.25) is 9.10 Å². The lowest BCUT2D eigenvalue weighted by Crippen LogP contribution is -2.34. The standard InChI is InChI=1S/C21H29N3O3S/c1-18-9-7-12-20(17-18)24(28(3,26)27)15-8-13-21(25)22-14-16-23(2)19-10-5-4-6-11-19/h4-7,9-12,17H,8,13-16H2,1-3H3,(H,22,25). The Balaban J connectivity index is 1.78. The molecule has 6 nitrogen and oxygen atoms in total. The Hall–Kier alpha value is -2.54. The minimum absolute atomic E-state index is 0.0702. The predicted octanol–water partition coefficient (Wildman–Crippen LogP) is 2.79. The number of nitrogens with one attached hydrogen (secondary N) is 1. The molecule has 0 fully saturated rings. The van der Waals surface area contributed by atoms with Crippen LogP contribution in [0.3, 0.4) is 0 Å². The van der Waals surface area contributed by atoms with Crippen LogP contribution >= 0.6 is 0 Å². The molecule has 0 saturated carbocycles. The molecule has 0 aliphatic carbocycles. The molecule has 0 bridgehead atoms. The number of anilines is 2. The Morgan fingerprint density at radius 3 is 2.32 bits per heavy atom. The van der Waals surface area contributed by atoms with Crippen molar-refractivity contribution in [2.24, 2.45) is 0 Å². The van der Waals surface area contributed by atoms with E-state index in [9.17, 15) is 13.2 Å². The SMILES string of the molecule is Cc1cccc(N(CCCC(=O)NCCN(C)c2ccccc2)S(C)(=O)=O)c1. The molecule has 0 aromatic heterocycles. The van der Waals surface area contributed by atoms with Crippen LogP contribution in [0.15, 0.2) is 54.6 Å². The maximum atomic E-state index is 12.1. The zero-order valence-electron chi connectivity index (χ0n) is 16.8. The second-order valence-electron chi connectivity index (χ2n) is 6.88. The number of para-hydroxylation sites is 1. The quantitative estimate of drug-likeness (QED) is 0.662. The Bertz CT molecular complexity index is 869. The first-order chi connectivity index (χ1) is 13.3. The summed E-state index contributed by atoms with van der Waals surface area (Å²) in [5, 5.41) is 2.90. The second kappa shape index (κ2) is 10.1. The van der Waals surface area contributed by atoms with Gasteiger partial charge in [0.1, 0.15) is 0 Å². The number of hydrogen-bond acceptors (Lipinski definition) is 4. The summed E-state index contributed by atoms with van der Waals surface area (Å²) in [5.41, 5.74) is 2.72. The molecule has 0 atom stereocenters. The third kappa shape index (κ3) is 6.88. The molecule has 0 saturated heterocycles. The van der Waals surface area contributed by atoms with E-state index in [0.29, 0.717) is 25.2 Å². The van der Waals surface area contributed by atoms with Crippen molar-refractivity contribution in [3.05, 3.63) is 60.2 Å². The van der Waals surface area contributed by atoms with Crippen LogP contribution in [-0.2, 0) is 14.8 Å². The summed E-state index contributed by atoms with van der Waals surface area (Å²) in [7, 11) is -1.42. The lowest BCUT2D eigenvalue weighted by atomic mass is 10.2. The molecule has 2 aromatic carbocycles. The van der Waals surface area contributed by atoms with Gasteiger partial charge in [-0.25, -0.2) is 8.42 Å². The van der Waals surface area contributed by atoms with Crippen LogP contribution in [-0.4, -0.2) is 47.3 Å². The maximum absolute atomic E-state index is 12.1. The Kier molecular flexibility index (Phi) is 7.87. The fourth-order valence-corrected chi connectivity index (χ4v) is 3.87. The first-order valence-corrected chi connectivity index (χ1v) is 11.2. The third-order valence-electron chi connectivity index (χ3n) is 4.42. The summed E-state index contributed by atoms with van der Waals surface area (Å²) in [6, 6.07) is 17.3. The highest BCUT2D eigenvalue weighted by molar-refractivity contribution is 7.92. The number of benzene rings is 2. The van der Waals surface area contributed by atoms with Crippen LogP contribution in [0.4, 0.5) is 11.4 Å². The van der Waals surface area contributed by atoms with E-state index in [1.54, 1.807) is 6.07 Å². The van der Waals surface area contributed by atoms with Gasteiger partial charge in [0.2, 0.25) is 15.9 Å². The van der Waals surface area contributed by atoms with Gasteiger partial charge in [0.15, 0.2) is 0 Å². The van der Waals surface area contributed by atoms with Crippen LogP contribution < -0.4 is 14.5 Å². The van der Waals surface area contributed by atoms with Crippen LogP contribution in [0.2, 0.25) is 0 Å². The fourth-order valence-electron chi connectivity index (χ4n) is 2.92. The largest absolute Gasteiger partial charge is 0.373 e. The highest BCUT2D eigenvalue weighted by Gasteiger charge is 2.17. The number of amides is 1. The molecular weight excluding hydrogens is 374 g/mol. The van der Waals surface area contributed by atoms with E-state index in [4.69, 9.17) is 0 Å². The van der Waals surface area contributed by atoms with Gasteiger partial charge in [-0.1, -0.05) is 30.3 Å². The number of carbonyl (C=O) groups is 1. The molecule has 2 aromatic rings. The van der Waals surface area contributed by atoms with E-state index in [2.05, 4.69) is 10.2 Å². The molecule has 152 valence electrons. The number of aryl methyl sites for hydroxylation is 1. The maximum Gasteiger partial charge on any atom is 0.232 e. The van der Waals surface area contributed by atoms with Crippen molar-refractivity contribution < 1.29 is 13.2 Å². The fraction of sp³-hybridized carbons (Fsp3) is 0.381. The van der Waals surface area contributed by atoms with Gasteiger partial charge in [-0.05, 0) is 43.2 Å². The summed E-state index contributed by atoms with van der Waals surface area (Å²) in [5.74, 6) is -0.0702. The normalized spacial score (nSPS) is 11.1. The van der Waals surface area contributed by atoms with Crippen molar-refractivity contribution in [1.82, 2.24) is 5.32 Å². The zero-order valence-corrected chi connectivity index (χ0v) is 17.6. The number of rotatable bonds is 10. The average molecular weight is 404 g/mol. The second-order valence-corrected chi connectivity index (χ2v) is 8.79. The van der Waals surface area contributed by atoms with Gasteiger partial charge >= 0.3 is 0 Å². The zero-order chi connectivity index (χ0) is 20.6. The monoisotopic (exact) mass is 403 g/mol. The summed E-state index contributed by atoms with van der Waals surface area (Å²) in [4.78, 5) is 14.2. The molecule has 0 unspecified atom stereocenters. The molecule has 1 N–H and O–H groups in total.